The normalized spacial score (nSPS) is 15.1. The number of fused-ring (bicyclic) bond motifs is 1. The molecular formula is C11H11N3O3. The van der Waals surface area contributed by atoms with E-state index in [0.717, 1.165) is 23.7 Å². The van der Waals surface area contributed by atoms with Gasteiger partial charge in [-0.3, -0.25) is 15.2 Å². The molecule has 0 atom stereocenters. The van der Waals surface area contributed by atoms with Gasteiger partial charge in [0.15, 0.2) is 5.75 Å². The lowest BCUT2D eigenvalue weighted by Gasteiger charge is -2.05. The second kappa shape index (κ2) is 3.73. The van der Waals surface area contributed by atoms with Gasteiger partial charge in [0.1, 0.15) is 0 Å². The highest BCUT2D eigenvalue weighted by Crippen LogP contribution is 2.34. The predicted octanol–water partition coefficient (Wildman–Crippen LogP) is 2.26. The highest BCUT2D eigenvalue weighted by atomic mass is 16.6. The van der Waals surface area contributed by atoms with Crippen LogP contribution in [0.15, 0.2) is 18.3 Å². The van der Waals surface area contributed by atoms with E-state index < -0.39 is 4.92 Å². The molecule has 0 unspecified atom stereocenters. The van der Waals surface area contributed by atoms with Crippen LogP contribution in [-0.2, 0) is 0 Å². The van der Waals surface area contributed by atoms with Gasteiger partial charge in [0, 0.05) is 17.5 Å². The van der Waals surface area contributed by atoms with Crippen molar-refractivity contribution < 1.29 is 9.66 Å². The molecule has 1 heterocycles. The molecule has 6 nitrogen and oxygen atoms in total. The molecule has 0 spiro atoms. The average molecular weight is 233 g/mol. The van der Waals surface area contributed by atoms with Crippen molar-refractivity contribution in [2.45, 2.75) is 12.8 Å². The van der Waals surface area contributed by atoms with E-state index in [1.165, 1.54) is 6.07 Å². The molecule has 1 aromatic carbocycles. The van der Waals surface area contributed by atoms with Crippen LogP contribution in [-0.4, -0.2) is 21.7 Å². The van der Waals surface area contributed by atoms with Crippen LogP contribution in [0.1, 0.15) is 12.8 Å². The fourth-order valence-electron chi connectivity index (χ4n) is 1.71. The van der Waals surface area contributed by atoms with Crippen molar-refractivity contribution in [2.75, 3.05) is 6.61 Å². The Morgan fingerprint density at radius 3 is 3.06 bits per heavy atom. The Morgan fingerprint density at radius 1 is 1.53 bits per heavy atom. The summed E-state index contributed by atoms with van der Waals surface area (Å²) in [6, 6.07) is 3.13. The Kier molecular flexibility index (Phi) is 2.21. The lowest BCUT2D eigenvalue weighted by Crippen LogP contribution is -2.02. The first-order valence-corrected chi connectivity index (χ1v) is 5.48. The molecule has 2 aromatic rings. The van der Waals surface area contributed by atoms with E-state index in [-0.39, 0.29) is 5.69 Å². The zero-order chi connectivity index (χ0) is 11.8. The third-order valence-corrected chi connectivity index (χ3v) is 2.89. The number of benzene rings is 1. The van der Waals surface area contributed by atoms with Crippen LogP contribution in [0.25, 0.3) is 10.9 Å². The van der Waals surface area contributed by atoms with Crippen molar-refractivity contribution in [3.8, 4) is 5.75 Å². The van der Waals surface area contributed by atoms with Gasteiger partial charge in [-0.1, -0.05) is 0 Å². The van der Waals surface area contributed by atoms with Gasteiger partial charge in [-0.15, -0.1) is 0 Å². The molecule has 1 fully saturated rings. The Bertz CT molecular complexity index is 574. The molecule has 0 bridgehead atoms. The summed E-state index contributed by atoms with van der Waals surface area (Å²) in [5.74, 6) is 0.880. The molecular weight excluding hydrogens is 222 g/mol. The highest BCUT2D eigenvalue weighted by molar-refractivity contribution is 5.83. The maximum atomic E-state index is 10.9. The molecule has 1 saturated carbocycles. The second-order valence-corrected chi connectivity index (χ2v) is 4.29. The molecule has 3 rings (SSSR count). The van der Waals surface area contributed by atoms with Crippen LogP contribution in [0.4, 0.5) is 5.69 Å². The molecule has 0 saturated heterocycles. The van der Waals surface area contributed by atoms with E-state index in [1.54, 1.807) is 12.3 Å². The van der Waals surface area contributed by atoms with Crippen molar-refractivity contribution in [1.82, 2.24) is 10.2 Å². The Morgan fingerprint density at radius 2 is 2.35 bits per heavy atom. The van der Waals surface area contributed by atoms with Crippen LogP contribution in [0.3, 0.4) is 0 Å². The SMILES string of the molecule is O=[N+]([O-])c1cc2cn[nH]c2cc1OCC1CC1. The summed E-state index contributed by atoms with van der Waals surface area (Å²) in [5.41, 5.74) is 0.751. The summed E-state index contributed by atoms with van der Waals surface area (Å²) in [4.78, 5) is 10.5. The fourth-order valence-corrected chi connectivity index (χ4v) is 1.71. The van der Waals surface area contributed by atoms with Gasteiger partial charge < -0.3 is 4.74 Å². The van der Waals surface area contributed by atoms with Crippen LogP contribution in [0.5, 0.6) is 5.75 Å². The zero-order valence-electron chi connectivity index (χ0n) is 9.05. The van der Waals surface area contributed by atoms with Crippen molar-refractivity contribution in [1.29, 1.82) is 0 Å². The molecule has 1 aliphatic rings. The first-order valence-electron chi connectivity index (χ1n) is 5.48. The number of nitrogens with one attached hydrogen (secondary N) is 1. The number of aromatic nitrogens is 2. The summed E-state index contributed by atoms with van der Waals surface area (Å²) in [7, 11) is 0. The molecule has 1 aromatic heterocycles. The average Bonchev–Trinajstić information content (AvgIpc) is 3.02. The monoisotopic (exact) mass is 233 g/mol. The van der Waals surface area contributed by atoms with Gasteiger partial charge in [-0.25, -0.2) is 0 Å². The number of nitro groups is 1. The number of aromatic amines is 1. The van der Waals surface area contributed by atoms with Gasteiger partial charge in [0.05, 0.1) is 23.2 Å². The number of nitro benzene ring substituents is 1. The van der Waals surface area contributed by atoms with Crippen LogP contribution in [0.2, 0.25) is 0 Å². The number of H-pyrrole nitrogens is 1. The van der Waals surface area contributed by atoms with Crippen molar-refractivity contribution in [3.05, 3.63) is 28.4 Å². The number of ether oxygens (including phenoxy) is 1. The lowest BCUT2D eigenvalue weighted by molar-refractivity contribution is -0.385. The molecule has 0 aliphatic heterocycles. The minimum absolute atomic E-state index is 0.000417. The summed E-state index contributed by atoms with van der Waals surface area (Å²) in [5, 5.41) is 18.3. The Labute approximate surface area is 96.7 Å². The van der Waals surface area contributed by atoms with Crippen LogP contribution >= 0.6 is 0 Å². The standard InChI is InChI=1S/C11H11N3O3/c15-14(16)10-3-8-5-12-13-9(8)4-11(10)17-6-7-1-2-7/h3-5,7H,1-2,6H2,(H,12,13). The molecule has 1 aliphatic carbocycles. The molecule has 6 heteroatoms. The number of nitrogens with zero attached hydrogens (tertiary/aromatic N) is 2. The first-order chi connectivity index (χ1) is 8.24. The third-order valence-electron chi connectivity index (χ3n) is 2.89. The predicted molar refractivity (Wildman–Crippen MR) is 61.0 cm³/mol. The van der Waals surface area contributed by atoms with Crippen molar-refractivity contribution >= 4 is 16.6 Å². The van der Waals surface area contributed by atoms with Gasteiger partial charge in [0.25, 0.3) is 0 Å². The third kappa shape index (κ3) is 1.93. The van der Waals surface area contributed by atoms with Crippen LogP contribution < -0.4 is 4.74 Å². The summed E-state index contributed by atoms with van der Waals surface area (Å²) in [6.45, 7) is 0.556. The fraction of sp³-hybridized carbons (Fsp3) is 0.364. The largest absolute Gasteiger partial charge is 0.486 e. The minimum Gasteiger partial charge on any atom is -0.486 e. The molecule has 1 N–H and O–H groups in total. The van der Waals surface area contributed by atoms with Gasteiger partial charge in [0.2, 0.25) is 0 Å². The van der Waals surface area contributed by atoms with Crippen LogP contribution in [0, 0.1) is 16.0 Å². The van der Waals surface area contributed by atoms with Crippen molar-refractivity contribution in [3.63, 3.8) is 0 Å². The van der Waals surface area contributed by atoms with Gasteiger partial charge in [-0.05, 0) is 18.8 Å². The summed E-state index contributed by atoms with van der Waals surface area (Å²) >= 11 is 0. The van der Waals surface area contributed by atoms with E-state index in [2.05, 4.69) is 10.2 Å². The maximum absolute atomic E-state index is 10.9. The quantitative estimate of drug-likeness (QED) is 0.648. The van der Waals surface area contributed by atoms with E-state index in [4.69, 9.17) is 4.74 Å². The van der Waals surface area contributed by atoms with E-state index in [1.807, 2.05) is 0 Å². The summed E-state index contributed by atoms with van der Waals surface area (Å²) < 4.78 is 5.51. The van der Waals surface area contributed by atoms with Gasteiger partial charge >= 0.3 is 5.69 Å². The van der Waals surface area contributed by atoms with E-state index in [9.17, 15) is 10.1 Å². The van der Waals surface area contributed by atoms with Crippen molar-refractivity contribution in [2.24, 2.45) is 5.92 Å². The number of hydrogen-bond donors (Lipinski definition) is 1. The smallest absolute Gasteiger partial charge is 0.311 e. The Balaban J connectivity index is 1.98. The number of hydrogen-bond acceptors (Lipinski definition) is 4. The number of rotatable bonds is 4. The molecule has 0 radical (unpaired) electrons. The summed E-state index contributed by atoms with van der Waals surface area (Å²) in [6.07, 6.45) is 3.87. The Hall–Kier alpha value is -2.11. The van der Waals surface area contributed by atoms with E-state index in [0.29, 0.717) is 18.3 Å². The first kappa shape index (κ1) is 10.1. The molecule has 88 valence electrons. The molecule has 17 heavy (non-hydrogen) atoms. The lowest BCUT2D eigenvalue weighted by atomic mass is 10.2. The van der Waals surface area contributed by atoms with Gasteiger partial charge in [-0.2, -0.15) is 5.10 Å². The maximum Gasteiger partial charge on any atom is 0.311 e. The van der Waals surface area contributed by atoms with E-state index >= 15 is 0 Å². The second-order valence-electron chi connectivity index (χ2n) is 4.29. The topological polar surface area (TPSA) is 81.0 Å². The zero-order valence-corrected chi connectivity index (χ0v) is 9.05. The molecule has 0 amide bonds. The highest BCUT2D eigenvalue weighted by Gasteiger charge is 2.24. The minimum atomic E-state index is -0.422.